The molecule has 0 aliphatic rings. The number of aromatic hydroxyl groups is 1. The molecule has 1 amide bonds. The summed E-state index contributed by atoms with van der Waals surface area (Å²) in [5.74, 6) is -1.65. The van der Waals surface area contributed by atoms with E-state index in [1.165, 1.54) is 25.3 Å². The molecule has 0 unspecified atom stereocenters. The summed E-state index contributed by atoms with van der Waals surface area (Å²) in [6.45, 7) is 0. The van der Waals surface area contributed by atoms with E-state index in [-0.39, 0.29) is 11.5 Å². The Hall–Kier alpha value is -2.50. The zero-order valence-electron chi connectivity index (χ0n) is 9.01. The number of ether oxygens (including phenoxy) is 1. The molecule has 1 aromatic carbocycles. The number of amides is 1. The number of carbonyl (C=O) groups excluding carboxylic acids is 1. The lowest BCUT2D eigenvalue weighted by Crippen LogP contribution is -2.08. The molecule has 90 valence electrons. The van der Waals surface area contributed by atoms with Gasteiger partial charge in [-0.1, -0.05) is 0 Å². The van der Waals surface area contributed by atoms with Crippen LogP contribution in [0.3, 0.4) is 0 Å². The summed E-state index contributed by atoms with van der Waals surface area (Å²) in [5.41, 5.74) is 0.336. The molecule has 3 N–H and O–H groups in total. The number of benzene rings is 1. The molecular formula is C11H11NO5. The highest BCUT2D eigenvalue weighted by Gasteiger charge is 2.04. The molecule has 0 atom stereocenters. The maximum Gasteiger partial charge on any atom is 0.328 e. The Labute approximate surface area is 97.1 Å². The molecule has 1 aromatic rings. The SMILES string of the molecule is COc1ccc(NC(=O)/C=C/C(=O)O)cc1O. The third kappa shape index (κ3) is 3.86. The van der Waals surface area contributed by atoms with Gasteiger partial charge in [-0.3, -0.25) is 4.79 Å². The van der Waals surface area contributed by atoms with Crippen molar-refractivity contribution in [3.05, 3.63) is 30.4 Å². The van der Waals surface area contributed by atoms with Gasteiger partial charge in [-0.2, -0.15) is 0 Å². The molecule has 6 heteroatoms. The largest absolute Gasteiger partial charge is 0.504 e. The summed E-state index contributed by atoms with van der Waals surface area (Å²) < 4.78 is 4.83. The van der Waals surface area contributed by atoms with Gasteiger partial charge in [0.1, 0.15) is 0 Å². The van der Waals surface area contributed by atoms with Gasteiger partial charge in [-0.15, -0.1) is 0 Å². The molecule has 0 saturated heterocycles. The number of aliphatic carboxylic acids is 1. The van der Waals surface area contributed by atoms with E-state index in [2.05, 4.69) is 5.32 Å². The second-order valence-electron chi connectivity index (χ2n) is 3.05. The van der Waals surface area contributed by atoms with Gasteiger partial charge in [0.25, 0.3) is 0 Å². The van der Waals surface area contributed by atoms with Crippen LogP contribution in [0.1, 0.15) is 0 Å². The molecule has 0 fully saturated rings. The predicted molar refractivity (Wildman–Crippen MR) is 60.1 cm³/mol. The summed E-state index contributed by atoms with van der Waals surface area (Å²) in [6.07, 6.45) is 1.60. The Morgan fingerprint density at radius 3 is 2.59 bits per heavy atom. The minimum Gasteiger partial charge on any atom is -0.504 e. The van der Waals surface area contributed by atoms with Crippen LogP contribution in [0.25, 0.3) is 0 Å². The van der Waals surface area contributed by atoms with Crippen molar-refractivity contribution in [2.24, 2.45) is 0 Å². The van der Waals surface area contributed by atoms with Crippen LogP contribution in [0, 0.1) is 0 Å². The van der Waals surface area contributed by atoms with Crippen LogP contribution in [-0.2, 0) is 9.59 Å². The zero-order valence-corrected chi connectivity index (χ0v) is 9.01. The molecule has 1 rings (SSSR count). The summed E-state index contributed by atoms with van der Waals surface area (Å²) in [6, 6.07) is 4.29. The Morgan fingerprint density at radius 1 is 1.35 bits per heavy atom. The number of methoxy groups -OCH3 is 1. The van der Waals surface area contributed by atoms with E-state index >= 15 is 0 Å². The first kappa shape index (κ1) is 12.6. The molecule has 0 aliphatic heterocycles. The van der Waals surface area contributed by atoms with E-state index in [0.717, 1.165) is 12.2 Å². The van der Waals surface area contributed by atoms with Crippen molar-refractivity contribution in [2.45, 2.75) is 0 Å². The van der Waals surface area contributed by atoms with Gasteiger partial charge < -0.3 is 20.3 Å². The summed E-state index contributed by atoms with van der Waals surface area (Å²) in [7, 11) is 1.41. The number of carboxylic acid groups (broad SMARTS) is 1. The summed E-state index contributed by atoms with van der Waals surface area (Å²) >= 11 is 0. The number of carboxylic acids is 1. The van der Waals surface area contributed by atoms with Crippen LogP contribution in [0.2, 0.25) is 0 Å². The highest BCUT2D eigenvalue weighted by molar-refractivity contribution is 6.02. The first-order chi connectivity index (χ1) is 8.02. The Bertz CT molecular complexity index is 467. The van der Waals surface area contributed by atoms with Gasteiger partial charge >= 0.3 is 5.97 Å². The Balaban J connectivity index is 2.72. The third-order valence-electron chi connectivity index (χ3n) is 1.82. The summed E-state index contributed by atoms with van der Waals surface area (Å²) in [5, 5.41) is 20.1. The fourth-order valence-corrected chi connectivity index (χ4v) is 1.10. The highest BCUT2D eigenvalue weighted by atomic mass is 16.5. The van der Waals surface area contributed by atoms with Gasteiger partial charge in [0.15, 0.2) is 11.5 Å². The van der Waals surface area contributed by atoms with Gasteiger partial charge in [-0.05, 0) is 12.1 Å². The molecular weight excluding hydrogens is 226 g/mol. The standard InChI is InChI=1S/C11H11NO5/c1-17-9-3-2-7(6-8(9)13)12-10(14)4-5-11(15)16/h2-6,13H,1H3,(H,12,14)(H,15,16)/b5-4+. The van der Waals surface area contributed by atoms with Crippen molar-refractivity contribution >= 4 is 17.6 Å². The van der Waals surface area contributed by atoms with Crippen molar-refractivity contribution in [2.75, 3.05) is 12.4 Å². The molecule has 0 heterocycles. The molecule has 0 aliphatic carbocycles. The van der Waals surface area contributed by atoms with Crippen LogP contribution in [0.5, 0.6) is 11.5 Å². The number of phenolic OH excluding ortho intramolecular Hbond substituents is 1. The molecule has 17 heavy (non-hydrogen) atoms. The Kier molecular flexibility index (Phi) is 4.10. The number of nitrogens with one attached hydrogen (secondary N) is 1. The van der Waals surface area contributed by atoms with Gasteiger partial charge in [0.05, 0.1) is 7.11 Å². The zero-order chi connectivity index (χ0) is 12.8. The quantitative estimate of drug-likeness (QED) is 0.678. The van der Waals surface area contributed by atoms with Gasteiger partial charge in [-0.25, -0.2) is 4.79 Å². The lowest BCUT2D eigenvalue weighted by Gasteiger charge is -2.06. The fourth-order valence-electron chi connectivity index (χ4n) is 1.10. The van der Waals surface area contributed by atoms with E-state index in [1.807, 2.05) is 0 Å². The number of hydrogen-bond acceptors (Lipinski definition) is 4. The first-order valence-corrected chi connectivity index (χ1v) is 4.62. The summed E-state index contributed by atoms with van der Waals surface area (Å²) in [4.78, 5) is 21.4. The minimum atomic E-state index is -1.21. The first-order valence-electron chi connectivity index (χ1n) is 4.62. The predicted octanol–water partition coefficient (Wildman–Crippen LogP) is 0.980. The van der Waals surface area contributed by atoms with Crippen molar-refractivity contribution in [3.63, 3.8) is 0 Å². The van der Waals surface area contributed by atoms with E-state index in [4.69, 9.17) is 9.84 Å². The lowest BCUT2D eigenvalue weighted by atomic mass is 10.2. The number of phenols is 1. The topological polar surface area (TPSA) is 95.9 Å². The maximum absolute atomic E-state index is 11.2. The highest BCUT2D eigenvalue weighted by Crippen LogP contribution is 2.28. The van der Waals surface area contributed by atoms with Crippen LogP contribution >= 0.6 is 0 Å². The Morgan fingerprint density at radius 2 is 2.06 bits per heavy atom. The average molecular weight is 237 g/mol. The van der Waals surface area contributed by atoms with Crippen molar-refractivity contribution in [1.82, 2.24) is 0 Å². The molecule has 0 saturated carbocycles. The molecule has 0 bridgehead atoms. The third-order valence-corrected chi connectivity index (χ3v) is 1.82. The second kappa shape index (κ2) is 5.55. The fraction of sp³-hybridized carbons (Fsp3) is 0.0909. The molecule has 0 spiro atoms. The van der Waals surface area contributed by atoms with E-state index in [9.17, 15) is 14.7 Å². The number of carbonyl (C=O) groups is 2. The van der Waals surface area contributed by atoms with E-state index in [1.54, 1.807) is 0 Å². The smallest absolute Gasteiger partial charge is 0.328 e. The normalized spacial score (nSPS) is 10.2. The van der Waals surface area contributed by atoms with Gasteiger partial charge in [0.2, 0.25) is 5.91 Å². The van der Waals surface area contributed by atoms with Crippen molar-refractivity contribution in [3.8, 4) is 11.5 Å². The van der Waals surface area contributed by atoms with E-state index < -0.39 is 11.9 Å². The molecule has 6 nitrogen and oxygen atoms in total. The number of rotatable bonds is 4. The van der Waals surface area contributed by atoms with Crippen LogP contribution in [0.4, 0.5) is 5.69 Å². The lowest BCUT2D eigenvalue weighted by molar-refractivity contribution is -0.131. The van der Waals surface area contributed by atoms with Crippen molar-refractivity contribution < 1.29 is 24.5 Å². The van der Waals surface area contributed by atoms with Crippen LogP contribution in [0.15, 0.2) is 30.4 Å². The number of anilines is 1. The average Bonchev–Trinajstić information content (AvgIpc) is 2.26. The maximum atomic E-state index is 11.2. The second-order valence-corrected chi connectivity index (χ2v) is 3.05. The number of hydrogen-bond donors (Lipinski definition) is 3. The minimum absolute atomic E-state index is 0.118. The van der Waals surface area contributed by atoms with Gasteiger partial charge in [0, 0.05) is 23.9 Å². The molecule has 0 aromatic heterocycles. The van der Waals surface area contributed by atoms with Crippen LogP contribution < -0.4 is 10.1 Å². The molecule has 0 radical (unpaired) electrons. The monoisotopic (exact) mass is 237 g/mol. The van der Waals surface area contributed by atoms with Crippen LogP contribution in [-0.4, -0.2) is 29.2 Å². The van der Waals surface area contributed by atoms with Crippen molar-refractivity contribution in [1.29, 1.82) is 0 Å². The van der Waals surface area contributed by atoms with E-state index in [0.29, 0.717) is 5.69 Å².